The Labute approximate surface area is 202 Å². The van der Waals surface area contributed by atoms with Gasteiger partial charge in [0.1, 0.15) is 5.82 Å². The molecule has 0 saturated carbocycles. The Hall–Kier alpha value is -3.10. The molecule has 1 saturated heterocycles. The van der Waals surface area contributed by atoms with Crippen molar-refractivity contribution in [1.82, 2.24) is 15.5 Å². The molecule has 0 aliphatic carbocycles. The first-order valence-corrected chi connectivity index (χ1v) is 11.8. The van der Waals surface area contributed by atoms with Gasteiger partial charge in [-0.3, -0.25) is 4.79 Å². The van der Waals surface area contributed by atoms with Crippen molar-refractivity contribution < 1.29 is 27.2 Å². The number of unbranched alkanes of at least 4 members (excludes halogenated alkanes) is 1. The molecule has 2 atom stereocenters. The van der Waals surface area contributed by atoms with E-state index in [0.29, 0.717) is 30.5 Å². The van der Waals surface area contributed by atoms with Gasteiger partial charge in [-0.15, -0.1) is 0 Å². The molecule has 0 radical (unpaired) electrons. The van der Waals surface area contributed by atoms with Gasteiger partial charge in [0.2, 0.25) is 5.91 Å². The minimum absolute atomic E-state index is 0.0392. The maximum absolute atomic E-state index is 13.8. The molecular weight excluding hydrogens is 462 g/mol. The third-order valence-corrected chi connectivity index (χ3v) is 6.31. The summed E-state index contributed by atoms with van der Waals surface area (Å²) in [5, 5.41) is 5.61. The van der Waals surface area contributed by atoms with Gasteiger partial charge in [0.25, 0.3) is 0 Å². The van der Waals surface area contributed by atoms with E-state index in [1.165, 1.54) is 18.2 Å². The monoisotopic (exact) mass is 493 g/mol. The number of benzene rings is 2. The van der Waals surface area contributed by atoms with Crippen LogP contribution in [-0.2, 0) is 17.5 Å². The number of piperidine rings is 1. The lowest BCUT2D eigenvalue weighted by Gasteiger charge is -2.39. The molecule has 1 heterocycles. The van der Waals surface area contributed by atoms with Gasteiger partial charge in [0.05, 0.1) is 17.5 Å². The first-order valence-electron chi connectivity index (χ1n) is 11.8. The molecule has 35 heavy (non-hydrogen) atoms. The number of nitrogens with one attached hydrogen (secondary N) is 2. The summed E-state index contributed by atoms with van der Waals surface area (Å²) in [7, 11) is 0. The molecule has 0 unspecified atom stereocenters. The van der Waals surface area contributed by atoms with Crippen molar-refractivity contribution in [3.63, 3.8) is 0 Å². The van der Waals surface area contributed by atoms with Crippen molar-refractivity contribution in [3.8, 4) is 0 Å². The van der Waals surface area contributed by atoms with E-state index in [1.54, 1.807) is 24.0 Å². The van der Waals surface area contributed by atoms with Crippen LogP contribution in [-0.4, -0.2) is 29.9 Å². The largest absolute Gasteiger partial charge is 0.416 e. The zero-order valence-electron chi connectivity index (χ0n) is 19.9. The molecule has 1 aliphatic rings. The number of urea groups is 1. The lowest BCUT2D eigenvalue weighted by Crippen LogP contribution is -2.50. The molecule has 0 bridgehead atoms. The van der Waals surface area contributed by atoms with Gasteiger partial charge in [0.15, 0.2) is 0 Å². The summed E-state index contributed by atoms with van der Waals surface area (Å²) in [6.07, 6.45) is -1.72. The van der Waals surface area contributed by atoms with E-state index >= 15 is 0 Å². The second-order valence-electron chi connectivity index (χ2n) is 8.95. The van der Waals surface area contributed by atoms with Gasteiger partial charge >= 0.3 is 12.2 Å². The minimum Gasteiger partial charge on any atom is -0.352 e. The number of hydrogen-bond donors (Lipinski definition) is 2. The predicted octanol–water partition coefficient (Wildman–Crippen LogP) is 5.73. The van der Waals surface area contributed by atoms with Crippen LogP contribution in [0.2, 0.25) is 0 Å². The summed E-state index contributed by atoms with van der Waals surface area (Å²) in [6, 6.07) is 9.00. The highest BCUT2D eigenvalue weighted by molar-refractivity contribution is 5.81. The van der Waals surface area contributed by atoms with E-state index in [2.05, 4.69) is 10.6 Å². The molecule has 3 amide bonds. The molecular formula is C26H31F4N3O2. The molecule has 5 nitrogen and oxygen atoms in total. The van der Waals surface area contributed by atoms with Gasteiger partial charge in [-0.25, -0.2) is 9.18 Å². The fraction of sp³-hybridized carbons (Fsp3) is 0.462. The Morgan fingerprint density at radius 2 is 1.86 bits per heavy atom. The smallest absolute Gasteiger partial charge is 0.352 e. The van der Waals surface area contributed by atoms with Crippen molar-refractivity contribution in [3.05, 3.63) is 70.5 Å². The molecule has 1 fully saturated rings. The number of alkyl halides is 3. The highest BCUT2D eigenvalue weighted by atomic mass is 19.4. The summed E-state index contributed by atoms with van der Waals surface area (Å²) in [4.78, 5) is 27.5. The Balaban J connectivity index is 1.70. The number of halogens is 4. The highest BCUT2D eigenvalue weighted by Gasteiger charge is 2.36. The third kappa shape index (κ3) is 6.96. The zero-order chi connectivity index (χ0) is 25.6. The summed E-state index contributed by atoms with van der Waals surface area (Å²) >= 11 is 0. The Morgan fingerprint density at radius 3 is 2.54 bits per heavy atom. The lowest BCUT2D eigenvalue weighted by atomic mass is 9.88. The number of hydrogen-bond acceptors (Lipinski definition) is 2. The number of nitrogens with zero attached hydrogens (tertiary/aromatic N) is 1. The van der Waals surface area contributed by atoms with Crippen LogP contribution in [0.5, 0.6) is 0 Å². The summed E-state index contributed by atoms with van der Waals surface area (Å²) < 4.78 is 52.7. The van der Waals surface area contributed by atoms with Gasteiger partial charge in [0, 0.05) is 19.6 Å². The van der Waals surface area contributed by atoms with E-state index in [9.17, 15) is 27.2 Å². The van der Waals surface area contributed by atoms with Crippen LogP contribution >= 0.6 is 0 Å². The van der Waals surface area contributed by atoms with E-state index in [0.717, 1.165) is 30.5 Å². The standard InChI is InChI=1S/C26H31F4N3O2/c1-3-4-12-31-25(35)33-16-20(9-11-23(33)19-8-10-22(27)17(2)13-19)24(34)32-15-18-6-5-7-21(14-18)26(28,29)30/h5-8,10,13-14,20,23H,3-4,9,11-12,15-16H2,1-2H3,(H,31,35)(H,32,34)/t20-,23+/m1/s1. The lowest BCUT2D eigenvalue weighted by molar-refractivity contribution is -0.137. The number of aryl methyl sites for hydroxylation is 1. The maximum atomic E-state index is 13.8. The van der Waals surface area contributed by atoms with Crippen molar-refractivity contribution in [2.24, 2.45) is 5.92 Å². The van der Waals surface area contributed by atoms with Crippen LogP contribution in [0, 0.1) is 18.7 Å². The molecule has 190 valence electrons. The molecule has 2 N–H and O–H groups in total. The second kappa shape index (κ2) is 11.6. The second-order valence-corrected chi connectivity index (χ2v) is 8.95. The molecule has 0 aromatic heterocycles. The first kappa shape index (κ1) is 26.5. The van der Waals surface area contributed by atoms with E-state index in [4.69, 9.17) is 0 Å². The van der Waals surface area contributed by atoms with Crippen molar-refractivity contribution in [1.29, 1.82) is 0 Å². The zero-order valence-corrected chi connectivity index (χ0v) is 19.9. The molecule has 2 aromatic carbocycles. The molecule has 3 rings (SSSR count). The van der Waals surface area contributed by atoms with Crippen LogP contribution in [0.4, 0.5) is 22.4 Å². The fourth-order valence-corrected chi connectivity index (χ4v) is 4.30. The Bertz CT molecular complexity index is 1040. The number of amides is 3. The quantitative estimate of drug-likeness (QED) is 0.382. The Morgan fingerprint density at radius 1 is 1.09 bits per heavy atom. The van der Waals surface area contributed by atoms with Crippen LogP contribution in [0.25, 0.3) is 0 Å². The molecule has 2 aromatic rings. The van der Waals surface area contributed by atoms with Crippen LogP contribution in [0.15, 0.2) is 42.5 Å². The number of carbonyl (C=O) groups excluding carboxylic acids is 2. The van der Waals surface area contributed by atoms with Crippen molar-refractivity contribution >= 4 is 11.9 Å². The minimum atomic E-state index is -4.46. The van der Waals surface area contributed by atoms with E-state index < -0.39 is 17.7 Å². The van der Waals surface area contributed by atoms with Crippen molar-refractivity contribution in [2.45, 2.75) is 58.3 Å². The van der Waals surface area contributed by atoms with Crippen LogP contribution in [0.3, 0.4) is 0 Å². The average molecular weight is 494 g/mol. The van der Waals surface area contributed by atoms with Crippen LogP contribution < -0.4 is 10.6 Å². The summed E-state index contributed by atoms with van der Waals surface area (Å²) in [6.45, 7) is 4.31. The highest BCUT2D eigenvalue weighted by Crippen LogP contribution is 2.34. The van der Waals surface area contributed by atoms with Gasteiger partial charge in [-0.2, -0.15) is 13.2 Å². The topological polar surface area (TPSA) is 61.4 Å². The first-order chi connectivity index (χ1) is 16.6. The third-order valence-electron chi connectivity index (χ3n) is 6.31. The van der Waals surface area contributed by atoms with Gasteiger partial charge < -0.3 is 15.5 Å². The van der Waals surface area contributed by atoms with E-state index in [1.807, 2.05) is 6.92 Å². The maximum Gasteiger partial charge on any atom is 0.416 e. The SMILES string of the molecule is CCCCNC(=O)N1C[C@H](C(=O)NCc2cccc(C(F)(F)F)c2)CC[C@H]1c1ccc(F)c(C)c1. The number of rotatable bonds is 7. The molecule has 9 heteroatoms. The average Bonchev–Trinajstić information content (AvgIpc) is 2.83. The number of likely N-dealkylation sites (tertiary alicyclic amines) is 1. The normalized spacial score (nSPS) is 18.3. The predicted molar refractivity (Wildman–Crippen MR) is 125 cm³/mol. The van der Waals surface area contributed by atoms with Crippen LogP contribution in [0.1, 0.15) is 60.9 Å². The summed E-state index contributed by atoms with van der Waals surface area (Å²) in [5.41, 5.74) is 0.860. The molecule has 0 spiro atoms. The van der Waals surface area contributed by atoms with Gasteiger partial charge in [-0.1, -0.05) is 37.6 Å². The number of carbonyl (C=O) groups is 2. The summed E-state index contributed by atoms with van der Waals surface area (Å²) in [5.74, 6) is -1.15. The van der Waals surface area contributed by atoms with Crippen molar-refractivity contribution in [2.75, 3.05) is 13.1 Å². The Kier molecular flexibility index (Phi) is 8.75. The molecule has 1 aliphatic heterocycles. The van der Waals surface area contributed by atoms with Gasteiger partial charge in [-0.05, 0) is 61.1 Å². The fourth-order valence-electron chi connectivity index (χ4n) is 4.30. The van der Waals surface area contributed by atoms with E-state index in [-0.39, 0.29) is 36.9 Å².